The highest BCUT2D eigenvalue weighted by molar-refractivity contribution is 7.09. The zero-order chi connectivity index (χ0) is 13.1. The van der Waals surface area contributed by atoms with Crippen LogP contribution in [0.5, 0.6) is 0 Å². The van der Waals surface area contributed by atoms with Gasteiger partial charge in [-0.3, -0.25) is 0 Å². The van der Waals surface area contributed by atoms with E-state index >= 15 is 0 Å². The summed E-state index contributed by atoms with van der Waals surface area (Å²) >= 11 is 1.64. The highest BCUT2D eigenvalue weighted by Crippen LogP contribution is 2.21. The van der Waals surface area contributed by atoms with Gasteiger partial charge in [-0.05, 0) is 25.1 Å². The summed E-state index contributed by atoms with van der Waals surface area (Å²) in [7, 11) is 1.97. The number of aromatic nitrogens is 1. The number of aryl methyl sites for hydroxylation is 1. The zero-order valence-electron chi connectivity index (χ0n) is 10.3. The van der Waals surface area contributed by atoms with E-state index in [0.717, 1.165) is 22.9 Å². The van der Waals surface area contributed by atoms with Crippen molar-refractivity contribution >= 4 is 22.7 Å². The van der Waals surface area contributed by atoms with E-state index in [0.29, 0.717) is 11.3 Å². The molecule has 5 heteroatoms. The van der Waals surface area contributed by atoms with Crippen molar-refractivity contribution in [2.45, 2.75) is 13.5 Å². The summed E-state index contributed by atoms with van der Waals surface area (Å²) in [5.74, 6) is 0. The van der Waals surface area contributed by atoms with Crippen LogP contribution >= 0.6 is 11.3 Å². The van der Waals surface area contributed by atoms with Gasteiger partial charge in [-0.1, -0.05) is 0 Å². The minimum Gasteiger partial charge on any atom is -0.398 e. The van der Waals surface area contributed by atoms with Gasteiger partial charge in [0.15, 0.2) is 0 Å². The summed E-state index contributed by atoms with van der Waals surface area (Å²) in [4.78, 5) is 6.47. The monoisotopic (exact) mass is 258 g/mol. The van der Waals surface area contributed by atoms with E-state index in [9.17, 15) is 0 Å². The van der Waals surface area contributed by atoms with E-state index in [2.05, 4.69) is 16.0 Å². The van der Waals surface area contributed by atoms with E-state index in [4.69, 9.17) is 11.0 Å². The number of hydrogen-bond donors (Lipinski definition) is 1. The van der Waals surface area contributed by atoms with Crippen LogP contribution in [0.25, 0.3) is 0 Å². The lowest BCUT2D eigenvalue weighted by molar-refractivity contribution is 0.890. The van der Waals surface area contributed by atoms with Crippen LogP contribution in [0.2, 0.25) is 0 Å². The highest BCUT2D eigenvalue weighted by Gasteiger charge is 2.07. The third kappa shape index (κ3) is 2.60. The molecule has 2 N–H and O–H groups in total. The number of nitrogens with zero attached hydrogens (tertiary/aromatic N) is 3. The molecule has 0 aliphatic heterocycles. The fourth-order valence-electron chi connectivity index (χ4n) is 1.69. The first kappa shape index (κ1) is 12.4. The second-order valence-corrected chi connectivity index (χ2v) is 5.16. The lowest BCUT2D eigenvalue weighted by atomic mass is 10.1. The molecule has 0 unspecified atom stereocenters. The molecule has 0 spiro atoms. The summed E-state index contributed by atoms with van der Waals surface area (Å²) in [6.45, 7) is 2.71. The normalized spacial score (nSPS) is 10.1. The van der Waals surface area contributed by atoms with Gasteiger partial charge in [0.2, 0.25) is 0 Å². The van der Waals surface area contributed by atoms with Crippen LogP contribution in [0.4, 0.5) is 11.4 Å². The van der Waals surface area contributed by atoms with Crippen LogP contribution in [0.1, 0.15) is 16.3 Å². The lowest BCUT2D eigenvalue weighted by Gasteiger charge is -2.18. The van der Waals surface area contributed by atoms with Gasteiger partial charge in [0.25, 0.3) is 0 Å². The molecule has 0 saturated carbocycles. The van der Waals surface area contributed by atoms with Crippen LogP contribution in [-0.4, -0.2) is 12.0 Å². The topological polar surface area (TPSA) is 65.9 Å². The maximum atomic E-state index is 8.96. The Morgan fingerprint density at radius 1 is 1.50 bits per heavy atom. The number of thiazole rings is 1. The molecule has 18 heavy (non-hydrogen) atoms. The quantitative estimate of drug-likeness (QED) is 0.859. The third-order valence-electron chi connectivity index (χ3n) is 2.66. The van der Waals surface area contributed by atoms with E-state index in [1.807, 2.05) is 25.4 Å². The van der Waals surface area contributed by atoms with Crippen molar-refractivity contribution in [2.24, 2.45) is 0 Å². The van der Waals surface area contributed by atoms with Gasteiger partial charge in [-0.2, -0.15) is 5.26 Å². The first-order valence-corrected chi connectivity index (χ1v) is 6.40. The second-order valence-electron chi connectivity index (χ2n) is 4.10. The molecular formula is C13H14N4S. The van der Waals surface area contributed by atoms with Crippen LogP contribution in [0.3, 0.4) is 0 Å². The molecule has 1 aromatic carbocycles. The van der Waals surface area contributed by atoms with Crippen LogP contribution in [0.15, 0.2) is 23.6 Å². The summed E-state index contributed by atoms with van der Waals surface area (Å²) in [6, 6.07) is 7.57. The first-order chi connectivity index (χ1) is 8.60. The number of hydrogen-bond acceptors (Lipinski definition) is 5. The molecule has 0 saturated heterocycles. The summed E-state index contributed by atoms with van der Waals surface area (Å²) in [5, 5.41) is 12.1. The van der Waals surface area contributed by atoms with Crippen molar-refractivity contribution < 1.29 is 0 Å². The SMILES string of the molecule is Cc1nc(CN(C)c2ccc(N)c(C#N)c2)cs1. The Hall–Kier alpha value is -2.06. The van der Waals surface area contributed by atoms with E-state index in [1.54, 1.807) is 23.5 Å². The number of anilines is 2. The maximum Gasteiger partial charge on any atom is 0.101 e. The number of nitrogen functional groups attached to an aromatic ring is 1. The van der Waals surface area contributed by atoms with Crippen molar-refractivity contribution in [3.8, 4) is 6.07 Å². The molecule has 0 amide bonds. The molecule has 1 heterocycles. The minimum absolute atomic E-state index is 0.508. The van der Waals surface area contributed by atoms with Crippen molar-refractivity contribution in [1.82, 2.24) is 4.98 Å². The third-order valence-corrected chi connectivity index (χ3v) is 3.49. The Kier molecular flexibility index (Phi) is 3.49. The average molecular weight is 258 g/mol. The highest BCUT2D eigenvalue weighted by atomic mass is 32.1. The maximum absolute atomic E-state index is 8.96. The van der Waals surface area contributed by atoms with Gasteiger partial charge in [0.05, 0.1) is 22.8 Å². The molecule has 0 fully saturated rings. The second kappa shape index (κ2) is 5.07. The van der Waals surface area contributed by atoms with Crippen molar-refractivity contribution in [3.63, 3.8) is 0 Å². The van der Waals surface area contributed by atoms with Crippen molar-refractivity contribution in [2.75, 3.05) is 17.7 Å². The van der Waals surface area contributed by atoms with E-state index in [1.165, 1.54) is 0 Å². The van der Waals surface area contributed by atoms with Crippen molar-refractivity contribution in [1.29, 1.82) is 5.26 Å². The minimum atomic E-state index is 0.508. The number of nitriles is 1. The fraction of sp³-hybridized carbons (Fsp3) is 0.231. The van der Waals surface area contributed by atoms with Crippen molar-refractivity contribution in [3.05, 3.63) is 39.8 Å². The molecule has 92 valence electrons. The van der Waals surface area contributed by atoms with Gasteiger partial charge >= 0.3 is 0 Å². The van der Waals surface area contributed by atoms with Gasteiger partial charge in [0.1, 0.15) is 6.07 Å². The molecule has 0 bridgehead atoms. The molecule has 0 aliphatic rings. The Morgan fingerprint density at radius 2 is 2.28 bits per heavy atom. The summed E-state index contributed by atoms with van der Waals surface area (Å²) in [6.07, 6.45) is 0. The first-order valence-electron chi connectivity index (χ1n) is 5.52. The summed E-state index contributed by atoms with van der Waals surface area (Å²) < 4.78 is 0. The lowest BCUT2D eigenvalue weighted by Crippen LogP contribution is -2.16. The Morgan fingerprint density at radius 3 is 2.89 bits per heavy atom. The van der Waals surface area contributed by atoms with Crippen LogP contribution in [0, 0.1) is 18.3 Å². The molecule has 2 aromatic rings. The van der Waals surface area contributed by atoms with Gasteiger partial charge < -0.3 is 10.6 Å². The standard InChI is InChI=1S/C13H14N4S/c1-9-16-11(8-18-9)7-17(2)12-3-4-13(15)10(5-12)6-14/h3-5,8H,7,15H2,1-2H3. The van der Waals surface area contributed by atoms with Crippen LogP contribution < -0.4 is 10.6 Å². The van der Waals surface area contributed by atoms with Crippen LogP contribution in [-0.2, 0) is 6.54 Å². The Bertz CT molecular complexity index is 597. The molecule has 1 aromatic heterocycles. The van der Waals surface area contributed by atoms with Gasteiger partial charge in [-0.15, -0.1) is 11.3 Å². The molecule has 0 aliphatic carbocycles. The molecule has 2 rings (SSSR count). The predicted octanol–water partition coefficient (Wildman–Crippen LogP) is 2.54. The van der Waals surface area contributed by atoms with Gasteiger partial charge in [0, 0.05) is 23.8 Å². The zero-order valence-corrected chi connectivity index (χ0v) is 11.2. The molecule has 0 radical (unpaired) electrons. The number of rotatable bonds is 3. The molecule has 0 atom stereocenters. The molecule has 4 nitrogen and oxygen atoms in total. The average Bonchev–Trinajstić information content (AvgIpc) is 2.75. The number of benzene rings is 1. The number of nitrogens with two attached hydrogens (primary N) is 1. The smallest absolute Gasteiger partial charge is 0.101 e. The fourth-order valence-corrected chi connectivity index (χ4v) is 2.30. The largest absolute Gasteiger partial charge is 0.398 e. The van der Waals surface area contributed by atoms with E-state index in [-0.39, 0.29) is 0 Å². The van der Waals surface area contributed by atoms with Gasteiger partial charge in [-0.25, -0.2) is 4.98 Å². The Labute approximate surface area is 110 Å². The molecular weight excluding hydrogens is 244 g/mol. The van der Waals surface area contributed by atoms with E-state index < -0.39 is 0 Å². The summed E-state index contributed by atoms with van der Waals surface area (Å²) in [5.41, 5.74) is 8.73. The predicted molar refractivity (Wildman–Crippen MR) is 74.5 cm³/mol. The Balaban J connectivity index is 2.19.